The van der Waals surface area contributed by atoms with Crippen molar-refractivity contribution in [3.8, 4) is 0 Å². The number of rotatable bonds is 4. The van der Waals surface area contributed by atoms with Crippen LogP contribution in [0.25, 0.3) is 0 Å². The van der Waals surface area contributed by atoms with Gasteiger partial charge in [0, 0.05) is 23.4 Å². The second-order valence-corrected chi connectivity index (χ2v) is 4.51. The van der Waals surface area contributed by atoms with Crippen LogP contribution >= 0.6 is 0 Å². The molecular weight excluding hydrogens is 254 g/mol. The van der Waals surface area contributed by atoms with Gasteiger partial charge in [-0.15, -0.1) is 0 Å². The third kappa shape index (κ3) is 2.64. The monoisotopic (exact) mass is 271 g/mol. The fourth-order valence-electron chi connectivity index (χ4n) is 2.32. The maximum Gasteiger partial charge on any atom is 0.336 e. The smallest absolute Gasteiger partial charge is 0.336 e. The third-order valence-electron chi connectivity index (χ3n) is 3.25. The lowest BCUT2D eigenvalue weighted by Gasteiger charge is -2.26. The molecule has 1 unspecified atom stereocenters. The molecule has 1 aromatic rings. The van der Waals surface area contributed by atoms with Crippen molar-refractivity contribution < 1.29 is 14.3 Å². The van der Waals surface area contributed by atoms with E-state index in [0.717, 1.165) is 11.8 Å². The molecule has 1 heterocycles. The third-order valence-corrected chi connectivity index (χ3v) is 3.25. The summed E-state index contributed by atoms with van der Waals surface area (Å²) in [5.74, 6) is -0.771. The van der Waals surface area contributed by atoms with Crippen LogP contribution in [0, 0.1) is 0 Å². The highest BCUT2D eigenvalue weighted by Crippen LogP contribution is 2.35. The number of aldehydes is 1. The first-order valence-electron chi connectivity index (χ1n) is 6.53. The first-order valence-corrected chi connectivity index (χ1v) is 6.53. The molecule has 0 aromatic heterocycles. The fraction of sp³-hybridized carbons (Fsp3) is 0.250. The largest absolute Gasteiger partial charge is 0.463 e. The summed E-state index contributed by atoms with van der Waals surface area (Å²) < 4.78 is 5.12. The summed E-state index contributed by atoms with van der Waals surface area (Å²) in [6.45, 7) is 3.87. The van der Waals surface area contributed by atoms with Crippen LogP contribution in [0.5, 0.6) is 0 Å². The number of carbonyl (C=O) groups excluding carboxylic acids is 2. The number of ether oxygens (including phenoxy) is 1. The lowest BCUT2D eigenvalue weighted by molar-refractivity contribution is -0.138. The van der Waals surface area contributed by atoms with Crippen molar-refractivity contribution in [3.05, 3.63) is 58.9 Å². The fourth-order valence-corrected chi connectivity index (χ4v) is 2.32. The molecule has 0 spiro atoms. The second-order valence-electron chi connectivity index (χ2n) is 4.51. The highest BCUT2D eigenvalue weighted by molar-refractivity contribution is 5.95. The first kappa shape index (κ1) is 14.1. The van der Waals surface area contributed by atoms with Gasteiger partial charge in [-0.1, -0.05) is 30.3 Å². The number of dihydropyridines is 1. The zero-order valence-electron chi connectivity index (χ0n) is 11.6. The highest BCUT2D eigenvalue weighted by atomic mass is 16.5. The molecule has 0 bridgehead atoms. The van der Waals surface area contributed by atoms with E-state index >= 15 is 0 Å². The van der Waals surface area contributed by atoms with Crippen molar-refractivity contribution >= 4 is 12.3 Å². The minimum Gasteiger partial charge on any atom is -0.463 e. The molecule has 1 atom stereocenters. The van der Waals surface area contributed by atoms with Crippen LogP contribution in [0.2, 0.25) is 0 Å². The van der Waals surface area contributed by atoms with Gasteiger partial charge in [0.1, 0.15) is 6.29 Å². The average molecular weight is 271 g/mol. The van der Waals surface area contributed by atoms with E-state index < -0.39 is 0 Å². The van der Waals surface area contributed by atoms with Crippen molar-refractivity contribution in [2.24, 2.45) is 0 Å². The Bertz CT molecular complexity index is 573. The van der Waals surface area contributed by atoms with Crippen LogP contribution in [0.1, 0.15) is 25.3 Å². The van der Waals surface area contributed by atoms with Crippen molar-refractivity contribution in [1.82, 2.24) is 5.32 Å². The van der Waals surface area contributed by atoms with Gasteiger partial charge in [-0.3, -0.25) is 4.79 Å². The number of esters is 1. The second kappa shape index (κ2) is 6.19. The summed E-state index contributed by atoms with van der Waals surface area (Å²) in [7, 11) is 0. The topological polar surface area (TPSA) is 55.4 Å². The van der Waals surface area contributed by atoms with Crippen molar-refractivity contribution in [3.63, 3.8) is 0 Å². The molecule has 20 heavy (non-hydrogen) atoms. The zero-order valence-corrected chi connectivity index (χ0v) is 11.6. The summed E-state index contributed by atoms with van der Waals surface area (Å²) in [6.07, 6.45) is 2.42. The zero-order chi connectivity index (χ0) is 14.5. The predicted octanol–water partition coefficient (Wildman–Crippen LogP) is 2.29. The molecule has 1 aliphatic rings. The Morgan fingerprint density at radius 1 is 1.35 bits per heavy atom. The van der Waals surface area contributed by atoms with E-state index in [2.05, 4.69) is 5.32 Å². The van der Waals surface area contributed by atoms with Crippen LogP contribution in [0.4, 0.5) is 0 Å². The molecule has 1 aromatic carbocycles. The number of nitrogens with one attached hydrogen (secondary N) is 1. The number of allylic oxidation sites excluding steroid dienone is 2. The van der Waals surface area contributed by atoms with Gasteiger partial charge in [0.05, 0.1) is 12.2 Å². The molecule has 0 saturated carbocycles. The molecular formula is C16H17NO3. The number of hydrogen-bond donors (Lipinski definition) is 1. The minimum absolute atomic E-state index is 0.303. The first-order chi connectivity index (χ1) is 9.69. The molecule has 1 aliphatic heterocycles. The van der Waals surface area contributed by atoms with Gasteiger partial charge in [0.15, 0.2) is 0 Å². The van der Waals surface area contributed by atoms with E-state index in [-0.39, 0.29) is 11.9 Å². The predicted molar refractivity (Wildman–Crippen MR) is 75.8 cm³/mol. The molecule has 1 N–H and O–H groups in total. The van der Waals surface area contributed by atoms with E-state index in [0.29, 0.717) is 23.5 Å². The molecule has 0 saturated heterocycles. The Balaban J connectivity index is 2.49. The van der Waals surface area contributed by atoms with Crippen LogP contribution in [0.15, 0.2) is 53.4 Å². The Labute approximate surface area is 118 Å². The molecule has 0 aliphatic carbocycles. The summed E-state index contributed by atoms with van der Waals surface area (Å²) in [5, 5.41) is 2.96. The lowest BCUT2D eigenvalue weighted by Crippen LogP contribution is -2.26. The Kier molecular flexibility index (Phi) is 4.35. The quantitative estimate of drug-likeness (QED) is 0.674. The maximum absolute atomic E-state index is 12.2. The van der Waals surface area contributed by atoms with E-state index in [1.807, 2.05) is 30.3 Å². The summed E-state index contributed by atoms with van der Waals surface area (Å²) in [5.41, 5.74) is 2.62. The van der Waals surface area contributed by atoms with E-state index in [1.165, 1.54) is 0 Å². The average Bonchev–Trinajstić information content (AvgIpc) is 2.48. The standard InChI is InChI=1S/C16H17NO3/c1-3-20-16(19)14-11(2)17-9-13(10-18)15(14)12-7-5-4-6-8-12/h4-10,15,17H,3H2,1-2H3. The van der Waals surface area contributed by atoms with Crippen molar-refractivity contribution in [2.75, 3.05) is 6.61 Å². The number of benzene rings is 1. The van der Waals surface area contributed by atoms with Gasteiger partial charge in [0.2, 0.25) is 0 Å². The van der Waals surface area contributed by atoms with Crippen LogP contribution in [-0.2, 0) is 14.3 Å². The Morgan fingerprint density at radius 2 is 2.05 bits per heavy atom. The molecule has 104 valence electrons. The van der Waals surface area contributed by atoms with Gasteiger partial charge in [0.25, 0.3) is 0 Å². The normalized spacial score (nSPS) is 18.1. The van der Waals surface area contributed by atoms with Gasteiger partial charge >= 0.3 is 5.97 Å². The van der Waals surface area contributed by atoms with Gasteiger partial charge in [-0.2, -0.15) is 0 Å². The molecule has 2 rings (SSSR count). The van der Waals surface area contributed by atoms with E-state index in [9.17, 15) is 9.59 Å². The van der Waals surface area contributed by atoms with Crippen molar-refractivity contribution in [1.29, 1.82) is 0 Å². The molecule has 0 amide bonds. The van der Waals surface area contributed by atoms with Gasteiger partial charge in [-0.25, -0.2) is 4.79 Å². The maximum atomic E-state index is 12.2. The van der Waals surface area contributed by atoms with Crippen LogP contribution < -0.4 is 5.32 Å². The lowest BCUT2D eigenvalue weighted by atomic mass is 9.83. The summed E-state index contributed by atoms with van der Waals surface area (Å²) in [4.78, 5) is 23.5. The van der Waals surface area contributed by atoms with Crippen molar-refractivity contribution in [2.45, 2.75) is 19.8 Å². The summed E-state index contributed by atoms with van der Waals surface area (Å²) >= 11 is 0. The van der Waals surface area contributed by atoms with Crippen LogP contribution in [0.3, 0.4) is 0 Å². The minimum atomic E-state index is -0.390. The number of carbonyl (C=O) groups is 2. The molecule has 0 radical (unpaired) electrons. The molecule has 4 heteroatoms. The van der Waals surface area contributed by atoms with E-state index in [1.54, 1.807) is 20.0 Å². The SMILES string of the molecule is CCOC(=O)C1=C(C)NC=C(C=O)C1c1ccccc1. The van der Waals surface area contributed by atoms with Gasteiger partial charge < -0.3 is 10.1 Å². The molecule has 0 fully saturated rings. The molecule has 4 nitrogen and oxygen atoms in total. The Hall–Kier alpha value is -2.36. The van der Waals surface area contributed by atoms with Crippen LogP contribution in [-0.4, -0.2) is 18.9 Å². The summed E-state index contributed by atoms with van der Waals surface area (Å²) in [6, 6.07) is 9.48. The highest BCUT2D eigenvalue weighted by Gasteiger charge is 2.31. The van der Waals surface area contributed by atoms with Gasteiger partial charge in [-0.05, 0) is 19.4 Å². The number of hydrogen-bond acceptors (Lipinski definition) is 4. The van der Waals surface area contributed by atoms with E-state index in [4.69, 9.17) is 4.74 Å². The Morgan fingerprint density at radius 3 is 2.65 bits per heavy atom.